The van der Waals surface area contributed by atoms with Crippen LogP contribution in [0.4, 0.5) is 11.5 Å². The van der Waals surface area contributed by atoms with E-state index in [0.717, 1.165) is 23.6 Å². The Morgan fingerprint density at radius 2 is 1.96 bits per heavy atom. The maximum atomic E-state index is 12.1. The van der Waals surface area contributed by atoms with Crippen molar-refractivity contribution >= 4 is 35.1 Å². The predicted octanol–water partition coefficient (Wildman–Crippen LogP) is 3.34. The number of rotatable bonds is 9. The first-order valence-electron chi connectivity index (χ1n) is 8.86. The number of thioether (sulfide) groups is 1. The van der Waals surface area contributed by atoms with Crippen molar-refractivity contribution in [3.63, 3.8) is 0 Å². The fourth-order valence-corrected chi connectivity index (χ4v) is 3.17. The third kappa shape index (κ3) is 5.96. The number of nitrogens with one attached hydrogen (secondary N) is 2. The molecule has 1 heterocycles. The molecule has 2 N–H and O–H groups in total. The van der Waals surface area contributed by atoms with Crippen LogP contribution in [-0.4, -0.2) is 34.9 Å². The lowest BCUT2D eigenvalue weighted by molar-refractivity contribution is -0.117. The maximum absolute atomic E-state index is 12.1. The molecule has 3 rings (SSSR count). The summed E-state index contributed by atoms with van der Waals surface area (Å²) in [6, 6.07) is 10.9. The second-order valence-electron chi connectivity index (χ2n) is 6.22. The summed E-state index contributed by atoms with van der Waals surface area (Å²) >= 11 is 1.53. The molecule has 1 aliphatic carbocycles. The van der Waals surface area contributed by atoms with Gasteiger partial charge in [-0.3, -0.25) is 9.59 Å². The first-order chi connectivity index (χ1) is 13.2. The van der Waals surface area contributed by atoms with Crippen LogP contribution in [-0.2, 0) is 9.59 Å². The van der Waals surface area contributed by atoms with E-state index in [4.69, 9.17) is 4.74 Å². The summed E-state index contributed by atoms with van der Waals surface area (Å²) in [7, 11) is 1.57. The number of methoxy groups -OCH3 is 1. The van der Waals surface area contributed by atoms with E-state index in [2.05, 4.69) is 20.8 Å². The average Bonchev–Trinajstić information content (AvgIpc) is 3.52. The van der Waals surface area contributed by atoms with Crippen LogP contribution in [0.2, 0.25) is 0 Å². The van der Waals surface area contributed by atoms with Gasteiger partial charge in [0.15, 0.2) is 5.82 Å². The van der Waals surface area contributed by atoms with E-state index in [-0.39, 0.29) is 17.7 Å². The lowest BCUT2D eigenvalue weighted by atomic mass is 10.2. The van der Waals surface area contributed by atoms with Crippen molar-refractivity contribution in [2.24, 2.45) is 5.92 Å². The number of anilines is 2. The van der Waals surface area contributed by atoms with Gasteiger partial charge in [-0.2, -0.15) is 0 Å². The number of carbonyl (C=O) groups is 2. The van der Waals surface area contributed by atoms with Crippen molar-refractivity contribution in [2.45, 2.75) is 30.7 Å². The highest BCUT2D eigenvalue weighted by atomic mass is 32.2. The summed E-state index contributed by atoms with van der Waals surface area (Å²) < 4.78 is 5.22. The number of amides is 2. The van der Waals surface area contributed by atoms with Crippen LogP contribution >= 0.6 is 11.8 Å². The normalized spacial score (nSPS) is 13.1. The Kier molecular flexibility index (Phi) is 6.64. The van der Waals surface area contributed by atoms with E-state index in [1.165, 1.54) is 11.8 Å². The van der Waals surface area contributed by atoms with E-state index in [1.807, 2.05) is 24.3 Å². The standard InChI is InChI=1S/C19H22N4O3S/c1-26-15-6-3-2-5-14(15)20-17(24)7-4-12-27-18-11-10-16(22-23-18)21-19(25)13-8-9-13/h2-3,5-6,10-11,13H,4,7-9,12H2,1H3,(H,20,24)(H,21,22,25). The summed E-state index contributed by atoms with van der Waals surface area (Å²) in [5, 5.41) is 14.5. The van der Waals surface area contributed by atoms with Gasteiger partial charge >= 0.3 is 0 Å². The SMILES string of the molecule is COc1ccccc1NC(=O)CCCSc1ccc(NC(=O)C2CC2)nn1. The van der Waals surface area contributed by atoms with Gasteiger partial charge in [-0.25, -0.2) is 0 Å². The van der Waals surface area contributed by atoms with Crippen molar-refractivity contribution in [1.82, 2.24) is 10.2 Å². The van der Waals surface area contributed by atoms with Crippen LogP contribution in [0.25, 0.3) is 0 Å². The number of benzene rings is 1. The monoisotopic (exact) mass is 386 g/mol. The van der Waals surface area contributed by atoms with Crippen molar-refractivity contribution < 1.29 is 14.3 Å². The molecular formula is C19H22N4O3S. The largest absolute Gasteiger partial charge is 0.495 e. The number of ether oxygens (including phenoxy) is 1. The lowest BCUT2D eigenvalue weighted by Crippen LogP contribution is -2.14. The molecule has 2 amide bonds. The molecule has 8 heteroatoms. The highest BCUT2D eigenvalue weighted by Gasteiger charge is 2.29. The molecule has 27 heavy (non-hydrogen) atoms. The summed E-state index contributed by atoms with van der Waals surface area (Å²) in [4.78, 5) is 23.7. The molecule has 1 aliphatic rings. The Balaban J connectivity index is 1.36. The highest BCUT2D eigenvalue weighted by molar-refractivity contribution is 7.99. The molecule has 1 aromatic carbocycles. The molecule has 0 bridgehead atoms. The second-order valence-corrected chi connectivity index (χ2v) is 7.34. The van der Waals surface area contributed by atoms with Crippen LogP contribution in [0.5, 0.6) is 5.75 Å². The summed E-state index contributed by atoms with van der Waals surface area (Å²) in [6.07, 6.45) is 3.04. The fraction of sp³-hybridized carbons (Fsp3) is 0.368. The molecule has 0 aliphatic heterocycles. The number of nitrogens with zero attached hydrogens (tertiary/aromatic N) is 2. The van der Waals surface area contributed by atoms with Crippen LogP contribution in [0.3, 0.4) is 0 Å². The van der Waals surface area contributed by atoms with Gasteiger partial charge in [0.2, 0.25) is 11.8 Å². The lowest BCUT2D eigenvalue weighted by Gasteiger charge is -2.09. The summed E-state index contributed by atoms with van der Waals surface area (Å²) in [5.74, 6) is 1.98. The zero-order valence-electron chi connectivity index (χ0n) is 15.1. The van der Waals surface area contributed by atoms with Gasteiger partial charge in [0.1, 0.15) is 10.8 Å². The number of carbonyl (C=O) groups excluding carboxylic acids is 2. The van der Waals surface area contributed by atoms with E-state index < -0.39 is 0 Å². The van der Waals surface area contributed by atoms with Crippen molar-refractivity contribution in [2.75, 3.05) is 23.5 Å². The van der Waals surface area contributed by atoms with E-state index >= 15 is 0 Å². The van der Waals surface area contributed by atoms with E-state index in [1.54, 1.807) is 19.2 Å². The second kappa shape index (κ2) is 9.36. The van der Waals surface area contributed by atoms with Crippen molar-refractivity contribution in [3.8, 4) is 5.75 Å². The van der Waals surface area contributed by atoms with Crippen LogP contribution in [0.1, 0.15) is 25.7 Å². The zero-order chi connectivity index (χ0) is 19.1. The topological polar surface area (TPSA) is 93.2 Å². The van der Waals surface area contributed by atoms with Gasteiger partial charge in [0.25, 0.3) is 0 Å². The number of hydrogen-bond acceptors (Lipinski definition) is 6. The molecule has 0 saturated heterocycles. The molecule has 0 atom stereocenters. The molecule has 1 aromatic heterocycles. The molecule has 7 nitrogen and oxygen atoms in total. The van der Waals surface area contributed by atoms with Crippen molar-refractivity contribution in [3.05, 3.63) is 36.4 Å². The third-order valence-corrected chi connectivity index (χ3v) is 5.02. The average molecular weight is 386 g/mol. The van der Waals surface area contributed by atoms with E-state index in [9.17, 15) is 9.59 Å². The molecule has 1 fully saturated rings. The summed E-state index contributed by atoms with van der Waals surface area (Å²) in [5.41, 5.74) is 0.673. The first-order valence-corrected chi connectivity index (χ1v) is 9.84. The summed E-state index contributed by atoms with van der Waals surface area (Å²) in [6.45, 7) is 0. The molecule has 0 spiro atoms. The van der Waals surface area contributed by atoms with Gasteiger partial charge in [-0.1, -0.05) is 12.1 Å². The minimum atomic E-state index is -0.0516. The number of para-hydroxylation sites is 2. The van der Waals surface area contributed by atoms with Gasteiger partial charge in [-0.05, 0) is 43.5 Å². The van der Waals surface area contributed by atoms with Crippen LogP contribution in [0.15, 0.2) is 41.4 Å². The Morgan fingerprint density at radius 3 is 2.67 bits per heavy atom. The molecule has 2 aromatic rings. The Labute approximate surface area is 162 Å². The maximum Gasteiger partial charge on any atom is 0.228 e. The molecular weight excluding hydrogens is 364 g/mol. The first kappa shape index (κ1) is 19.2. The van der Waals surface area contributed by atoms with Crippen LogP contribution in [0, 0.1) is 5.92 Å². The van der Waals surface area contributed by atoms with E-state index in [0.29, 0.717) is 30.1 Å². The number of aromatic nitrogens is 2. The number of hydrogen-bond donors (Lipinski definition) is 2. The third-order valence-electron chi connectivity index (χ3n) is 4.02. The highest BCUT2D eigenvalue weighted by Crippen LogP contribution is 2.30. The molecule has 0 radical (unpaired) electrons. The van der Waals surface area contributed by atoms with Gasteiger partial charge in [0, 0.05) is 18.1 Å². The quantitative estimate of drug-likeness (QED) is 0.507. The minimum absolute atomic E-state index is 0.0192. The Bertz CT molecular complexity index is 794. The Hall–Kier alpha value is -2.61. The molecule has 1 saturated carbocycles. The van der Waals surface area contributed by atoms with Crippen LogP contribution < -0.4 is 15.4 Å². The molecule has 142 valence electrons. The predicted molar refractivity (Wildman–Crippen MR) is 105 cm³/mol. The smallest absolute Gasteiger partial charge is 0.228 e. The molecule has 0 unspecified atom stereocenters. The van der Waals surface area contributed by atoms with Gasteiger partial charge < -0.3 is 15.4 Å². The van der Waals surface area contributed by atoms with Gasteiger partial charge in [0.05, 0.1) is 12.8 Å². The Morgan fingerprint density at radius 1 is 1.15 bits per heavy atom. The zero-order valence-corrected chi connectivity index (χ0v) is 15.9. The van der Waals surface area contributed by atoms with Gasteiger partial charge in [-0.15, -0.1) is 22.0 Å². The minimum Gasteiger partial charge on any atom is -0.495 e. The van der Waals surface area contributed by atoms with Crippen molar-refractivity contribution in [1.29, 1.82) is 0 Å². The fourth-order valence-electron chi connectivity index (χ4n) is 2.41.